The Kier molecular flexibility index (Phi) is 3.16. The first-order chi connectivity index (χ1) is 5.65. The van der Waals surface area contributed by atoms with Gasteiger partial charge in [0.25, 0.3) is 0 Å². The molecule has 0 atom stereocenters. The fourth-order valence-electron chi connectivity index (χ4n) is 0.748. The van der Waals surface area contributed by atoms with Gasteiger partial charge >= 0.3 is 0 Å². The quantitative estimate of drug-likeness (QED) is 0.274. The lowest BCUT2D eigenvalue weighted by molar-refractivity contribution is 0.318. The van der Waals surface area contributed by atoms with E-state index in [4.69, 9.17) is 22.5 Å². The van der Waals surface area contributed by atoms with Crippen LogP contribution in [0.2, 0.25) is 5.02 Å². The fraction of sp³-hybridized carbons (Fsp3) is 0. The van der Waals surface area contributed by atoms with Crippen LogP contribution in [0, 0.1) is 3.57 Å². The van der Waals surface area contributed by atoms with Gasteiger partial charge in [-0.2, -0.15) is 0 Å². The van der Waals surface area contributed by atoms with Crippen LogP contribution in [0.15, 0.2) is 23.4 Å². The molecule has 1 rings (SSSR count). The van der Waals surface area contributed by atoms with E-state index in [1.54, 1.807) is 12.1 Å². The molecular weight excluding hydrogens is 290 g/mol. The molecule has 0 aliphatic carbocycles. The second-order valence-electron chi connectivity index (χ2n) is 2.11. The van der Waals surface area contributed by atoms with Crippen molar-refractivity contribution >= 4 is 40.0 Å². The van der Waals surface area contributed by atoms with Crippen molar-refractivity contribution in [1.82, 2.24) is 0 Å². The van der Waals surface area contributed by atoms with Crippen LogP contribution in [0.25, 0.3) is 0 Å². The number of benzene rings is 1. The Morgan fingerprint density at radius 1 is 1.58 bits per heavy atom. The van der Waals surface area contributed by atoms with E-state index in [9.17, 15) is 0 Å². The zero-order chi connectivity index (χ0) is 9.14. The van der Waals surface area contributed by atoms with Crippen LogP contribution in [0.1, 0.15) is 5.56 Å². The van der Waals surface area contributed by atoms with Crippen molar-refractivity contribution in [3.8, 4) is 0 Å². The monoisotopic (exact) mass is 296 g/mol. The molecule has 0 amide bonds. The van der Waals surface area contributed by atoms with Gasteiger partial charge in [0.1, 0.15) is 0 Å². The first kappa shape index (κ1) is 9.60. The molecule has 0 bridgehead atoms. The number of hydrogen-bond acceptors (Lipinski definition) is 2. The second-order valence-corrected chi connectivity index (χ2v) is 3.76. The normalized spacial score (nSPS) is 11.7. The fourth-order valence-corrected chi connectivity index (χ4v) is 1.45. The first-order valence-electron chi connectivity index (χ1n) is 3.08. The lowest BCUT2D eigenvalue weighted by atomic mass is 10.2. The van der Waals surface area contributed by atoms with Crippen molar-refractivity contribution in [1.29, 1.82) is 0 Å². The third kappa shape index (κ3) is 2.01. The van der Waals surface area contributed by atoms with Gasteiger partial charge in [-0.3, -0.25) is 0 Å². The highest BCUT2D eigenvalue weighted by atomic mass is 127. The topological polar surface area (TPSA) is 58.6 Å². The Bertz CT molecular complexity index is 327. The van der Waals surface area contributed by atoms with E-state index in [-0.39, 0.29) is 5.84 Å². The smallest absolute Gasteiger partial charge is 0.171 e. The zero-order valence-corrected chi connectivity index (χ0v) is 8.87. The molecule has 0 radical (unpaired) electrons. The number of amidine groups is 1. The number of halogens is 2. The second kappa shape index (κ2) is 3.95. The van der Waals surface area contributed by atoms with Crippen LogP contribution in [0.3, 0.4) is 0 Å². The minimum Gasteiger partial charge on any atom is -0.409 e. The van der Waals surface area contributed by atoms with Crippen LogP contribution < -0.4 is 5.73 Å². The Hall–Kier alpha value is -0.490. The molecule has 0 aliphatic rings. The van der Waals surface area contributed by atoms with Gasteiger partial charge in [0.2, 0.25) is 0 Å². The van der Waals surface area contributed by atoms with E-state index >= 15 is 0 Å². The van der Waals surface area contributed by atoms with Gasteiger partial charge in [-0.05, 0) is 40.8 Å². The molecule has 0 unspecified atom stereocenters. The SMILES string of the molecule is NC(=NO)c1cc(I)ccc1Cl. The van der Waals surface area contributed by atoms with E-state index < -0.39 is 0 Å². The lowest BCUT2D eigenvalue weighted by Crippen LogP contribution is -2.13. The maximum atomic E-state index is 8.41. The molecule has 12 heavy (non-hydrogen) atoms. The number of rotatable bonds is 1. The molecule has 0 saturated carbocycles. The van der Waals surface area contributed by atoms with E-state index in [0.717, 1.165) is 3.57 Å². The summed E-state index contributed by atoms with van der Waals surface area (Å²) in [7, 11) is 0. The number of nitrogens with zero attached hydrogens (tertiary/aromatic N) is 1. The minimum atomic E-state index is 0.0264. The molecule has 0 saturated heterocycles. The molecule has 3 N–H and O–H groups in total. The predicted molar refractivity (Wildman–Crippen MR) is 56.7 cm³/mol. The average Bonchev–Trinajstić information content (AvgIpc) is 2.08. The van der Waals surface area contributed by atoms with Gasteiger partial charge in [0.15, 0.2) is 5.84 Å². The van der Waals surface area contributed by atoms with E-state index in [0.29, 0.717) is 10.6 Å². The number of hydrogen-bond donors (Lipinski definition) is 2. The highest BCUT2D eigenvalue weighted by Crippen LogP contribution is 2.18. The van der Waals surface area contributed by atoms with E-state index in [1.807, 2.05) is 6.07 Å². The van der Waals surface area contributed by atoms with Crippen molar-refractivity contribution in [3.63, 3.8) is 0 Å². The van der Waals surface area contributed by atoms with Gasteiger partial charge in [0, 0.05) is 9.13 Å². The Morgan fingerprint density at radius 2 is 2.25 bits per heavy atom. The summed E-state index contributed by atoms with van der Waals surface area (Å²) in [6.45, 7) is 0. The van der Waals surface area contributed by atoms with Crippen molar-refractivity contribution in [2.75, 3.05) is 0 Å². The molecule has 0 heterocycles. The molecular formula is C7H6ClIN2O. The van der Waals surface area contributed by atoms with Gasteiger partial charge in [-0.15, -0.1) is 0 Å². The summed E-state index contributed by atoms with van der Waals surface area (Å²) < 4.78 is 0.985. The van der Waals surface area contributed by atoms with Gasteiger partial charge in [0.05, 0.1) is 5.02 Å². The van der Waals surface area contributed by atoms with Crippen molar-refractivity contribution < 1.29 is 5.21 Å². The summed E-state index contributed by atoms with van der Waals surface area (Å²) in [5.41, 5.74) is 5.92. The zero-order valence-electron chi connectivity index (χ0n) is 5.96. The summed E-state index contributed by atoms with van der Waals surface area (Å²) in [6, 6.07) is 5.30. The molecule has 64 valence electrons. The maximum Gasteiger partial charge on any atom is 0.171 e. The Morgan fingerprint density at radius 3 is 2.83 bits per heavy atom. The largest absolute Gasteiger partial charge is 0.409 e. The Balaban J connectivity index is 3.23. The van der Waals surface area contributed by atoms with Crippen LogP contribution in [-0.2, 0) is 0 Å². The molecule has 0 aliphatic heterocycles. The maximum absolute atomic E-state index is 8.41. The van der Waals surface area contributed by atoms with E-state index in [1.165, 1.54) is 0 Å². The van der Waals surface area contributed by atoms with Crippen molar-refractivity contribution in [3.05, 3.63) is 32.4 Å². The lowest BCUT2D eigenvalue weighted by Gasteiger charge is -2.01. The standard InChI is InChI=1S/C7H6ClIN2O/c8-6-2-1-4(9)3-5(6)7(10)11-12/h1-3,12H,(H2,10,11). The summed E-state index contributed by atoms with van der Waals surface area (Å²) >= 11 is 7.92. The first-order valence-corrected chi connectivity index (χ1v) is 4.53. The van der Waals surface area contributed by atoms with Gasteiger partial charge in [-0.1, -0.05) is 16.8 Å². The summed E-state index contributed by atoms with van der Waals surface area (Å²) in [5, 5.41) is 11.8. The summed E-state index contributed by atoms with van der Waals surface area (Å²) in [6.07, 6.45) is 0. The van der Waals surface area contributed by atoms with Crippen molar-refractivity contribution in [2.45, 2.75) is 0 Å². The summed E-state index contributed by atoms with van der Waals surface area (Å²) in [4.78, 5) is 0. The molecule has 0 aromatic heterocycles. The summed E-state index contributed by atoms with van der Waals surface area (Å²) in [5.74, 6) is 0.0264. The van der Waals surface area contributed by atoms with Crippen LogP contribution in [0.4, 0.5) is 0 Å². The molecule has 1 aromatic rings. The van der Waals surface area contributed by atoms with Gasteiger partial charge in [-0.25, -0.2) is 0 Å². The highest BCUT2D eigenvalue weighted by molar-refractivity contribution is 14.1. The van der Waals surface area contributed by atoms with Crippen LogP contribution in [-0.4, -0.2) is 11.0 Å². The van der Waals surface area contributed by atoms with Crippen molar-refractivity contribution in [2.24, 2.45) is 10.9 Å². The number of nitrogens with two attached hydrogens (primary N) is 1. The third-order valence-corrected chi connectivity index (χ3v) is 2.31. The Labute approximate surface area is 88.3 Å². The van der Waals surface area contributed by atoms with Crippen LogP contribution in [0.5, 0.6) is 0 Å². The highest BCUT2D eigenvalue weighted by Gasteiger charge is 2.04. The minimum absolute atomic E-state index is 0.0264. The molecule has 0 fully saturated rings. The molecule has 3 nitrogen and oxygen atoms in total. The molecule has 0 spiro atoms. The average molecular weight is 296 g/mol. The van der Waals surface area contributed by atoms with E-state index in [2.05, 4.69) is 27.7 Å². The van der Waals surface area contributed by atoms with Crippen LogP contribution >= 0.6 is 34.2 Å². The molecule has 5 heteroatoms. The number of oxime groups is 1. The third-order valence-electron chi connectivity index (χ3n) is 1.31. The van der Waals surface area contributed by atoms with Gasteiger partial charge < -0.3 is 10.9 Å². The molecule has 1 aromatic carbocycles. The predicted octanol–water partition coefficient (Wildman–Crippen LogP) is 2.04.